The molecule has 8 nitrogen and oxygen atoms in total. The zero-order chi connectivity index (χ0) is 16.2. The van der Waals surface area contributed by atoms with E-state index < -0.39 is 34.4 Å². The fourth-order valence-corrected chi connectivity index (χ4v) is 1.64. The van der Waals surface area contributed by atoms with Crippen molar-refractivity contribution in [3.8, 4) is 0 Å². The summed E-state index contributed by atoms with van der Waals surface area (Å²) in [6.45, 7) is 3.38. The molecule has 3 amide bonds. The van der Waals surface area contributed by atoms with Crippen LogP contribution < -0.4 is 16.4 Å². The minimum atomic E-state index is -1.01. The van der Waals surface area contributed by atoms with Gasteiger partial charge in [-0.3, -0.25) is 14.9 Å². The number of anilines is 1. The lowest BCUT2D eigenvalue weighted by molar-refractivity contribution is -0.387. The maximum atomic E-state index is 13.2. The molecule has 0 saturated carbocycles. The van der Waals surface area contributed by atoms with Gasteiger partial charge in [-0.25, -0.2) is 4.79 Å². The molecule has 0 spiro atoms. The van der Waals surface area contributed by atoms with Crippen LogP contribution in [0, 0.1) is 21.8 Å². The Morgan fingerprint density at radius 1 is 1.38 bits per heavy atom. The van der Waals surface area contributed by atoms with E-state index in [0.717, 1.165) is 12.1 Å². The van der Waals surface area contributed by atoms with E-state index in [1.54, 1.807) is 13.8 Å². The molecule has 21 heavy (non-hydrogen) atoms. The highest BCUT2D eigenvalue weighted by Crippen LogP contribution is 2.22. The Balaban J connectivity index is 2.93. The summed E-state index contributed by atoms with van der Waals surface area (Å²) in [4.78, 5) is 32.6. The number of hydrogen-bond acceptors (Lipinski definition) is 4. The van der Waals surface area contributed by atoms with E-state index in [-0.39, 0.29) is 11.6 Å². The summed E-state index contributed by atoms with van der Waals surface area (Å²) < 4.78 is 13.2. The number of nitrogens with zero attached hydrogens (tertiary/aromatic N) is 1. The standard InChI is InChI=1S/C12H15FN4O4/c1-6(2)10(16-12(14)19)11(18)15-7-3-4-8(13)9(5-7)17(20)21/h3-6,10H,1-2H3,(H,15,18)(H3,14,16,19)/t10-/m0/s1. The molecular formula is C12H15FN4O4. The number of nitrogens with one attached hydrogen (secondary N) is 2. The first-order valence-electron chi connectivity index (χ1n) is 6.03. The zero-order valence-electron chi connectivity index (χ0n) is 11.4. The monoisotopic (exact) mass is 298 g/mol. The van der Waals surface area contributed by atoms with Crippen molar-refractivity contribution in [3.05, 3.63) is 34.1 Å². The van der Waals surface area contributed by atoms with E-state index in [9.17, 15) is 24.1 Å². The van der Waals surface area contributed by atoms with Gasteiger partial charge < -0.3 is 16.4 Å². The van der Waals surface area contributed by atoms with Crippen molar-refractivity contribution in [2.75, 3.05) is 5.32 Å². The molecule has 0 bridgehead atoms. The number of nitrogens with two attached hydrogens (primary N) is 1. The molecule has 0 radical (unpaired) electrons. The lowest BCUT2D eigenvalue weighted by Gasteiger charge is -2.20. The van der Waals surface area contributed by atoms with Gasteiger partial charge >= 0.3 is 11.7 Å². The van der Waals surface area contributed by atoms with E-state index in [1.165, 1.54) is 6.07 Å². The van der Waals surface area contributed by atoms with Crippen molar-refractivity contribution < 1.29 is 18.9 Å². The number of benzene rings is 1. The fourth-order valence-electron chi connectivity index (χ4n) is 1.64. The van der Waals surface area contributed by atoms with Crippen molar-refractivity contribution in [3.63, 3.8) is 0 Å². The summed E-state index contributed by atoms with van der Waals surface area (Å²) in [7, 11) is 0. The summed E-state index contributed by atoms with van der Waals surface area (Å²) in [5.74, 6) is -1.87. The van der Waals surface area contributed by atoms with Crippen LogP contribution >= 0.6 is 0 Å². The lowest BCUT2D eigenvalue weighted by atomic mass is 10.0. The van der Waals surface area contributed by atoms with E-state index in [4.69, 9.17) is 5.73 Å². The molecule has 0 aromatic heterocycles. The van der Waals surface area contributed by atoms with Gasteiger partial charge in [0.05, 0.1) is 4.92 Å². The third-order valence-corrected chi connectivity index (χ3v) is 2.66. The Labute approximate surface area is 119 Å². The number of carbonyl (C=O) groups excluding carboxylic acids is 2. The average Bonchev–Trinajstić information content (AvgIpc) is 2.37. The highest BCUT2D eigenvalue weighted by molar-refractivity contribution is 5.97. The Morgan fingerprint density at radius 3 is 2.48 bits per heavy atom. The lowest BCUT2D eigenvalue weighted by Crippen LogP contribution is -2.49. The number of hydrogen-bond donors (Lipinski definition) is 3. The second-order valence-corrected chi connectivity index (χ2v) is 4.64. The normalized spacial score (nSPS) is 11.8. The van der Waals surface area contributed by atoms with E-state index in [0.29, 0.717) is 0 Å². The van der Waals surface area contributed by atoms with Gasteiger partial charge in [-0.2, -0.15) is 4.39 Å². The van der Waals surface area contributed by atoms with Crippen LogP contribution in [0.25, 0.3) is 0 Å². The molecule has 1 rings (SSSR count). The molecule has 0 fully saturated rings. The summed E-state index contributed by atoms with van der Waals surface area (Å²) in [5.41, 5.74) is 4.27. The van der Waals surface area contributed by atoms with Crippen molar-refractivity contribution in [1.82, 2.24) is 5.32 Å². The van der Waals surface area contributed by atoms with Crippen LogP contribution in [0.4, 0.5) is 20.6 Å². The predicted octanol–water partition coefficient (Wildman–Crippen LogP) is 1.37. The number of nitro benzene ring substituents is 1. The number of amides is 3. The van der Waals surface area contributed by atoms with Gasteiger partial charge in [0, 0.05) is 11.8 Å². The number of rotatable bonds is 5. The first kappa shape index (κ1) is 16.3. The van der Waals surface area contributed by atoms with Gasteiger partial charge in [-0.05, 0) is 18.1 Å². The largest absolute Gasteiger partial charge is 0.352 e. The van der Waals surface area contributed by atoms with Gasteiger partial charge in [0.15, 0.2) is 0 Å². The average molecular weight is 298 g/mol. The highest BCUT2D eigenvalue weighted by atomic mass is 19.1. The van der Waals surface area contributed by atoms with Crippen LogP contribution in [-0.4, -0.2) is 22.9 Å². The summed E-state index contributed by atoms with van der Waals surface area (Å²) >= 11 is 0. The molecule has 1 atom stereocenters. The first-order chi connectivity index (χ1) is 9.72. The Bertz CT molecular complexity index is 576. The third kappa shape index (κ3) is 4.41. The SMILES string of the molecule is CC(C)[C@H](NC(N)=O)C(=O)Nc1ccc(F)c([N+](=O)[O-])c1. The molecule has 0 unspecified atom stereocenters. The van der Waals surface area contributed by atoms with Crippen molar-refractivity contribution in [2.45, 2.75) is 19.9 Å². The fraction of sp³-hybridized carbons (Fsp3) is 0.333. The van der Waals surface area contributed by atoms with Crippen molar-refractivity contribution >= 4 is 23.3 Å². The van der Waals surface area contributed by atoms with Gasteiger partial charge in [0.2, 0.25) is 11.7 Å². The van der Waals surface area contributed by atoms with E-state index in [2.05, 4.69) is 10.6 Å². The molecule has 114 valence electrons. The molecule has 0 aliphatic heterocycles. The van der Waals surface area contributed by atoms with Crippen LogP contribution in [-0.2, 0) is 4.79 Å². The number of carbonyl (C=O) groups is 2. The zero-order valence-corrected chi connectivity index (χ0v) is 11.4. The summed E-state index contributed by atoms with van der Waals surface area (Å²) in [6.07, 6.45) is 0. The third-order valence-electron chi connectivity index (χ3n) is 2.66. The van der Waals surface area contributed by atoms with Crippen LogP contribution in [0.1, 0.15) is 13.8 Å². The number of halogens is 1. The molecule has 1 aromatic rings. The molecule has 0 aliphatic carbocycles. The molecule has 4 N–H and O–H groups in total. The van der Waals surface area contributed by atoms with Crippen molar-refractivity contribution in [1.29, 1.82) is 0 Å². The second-order valence-electron chi connectivity index (χ2n) is 4.64. The van der Waals surface area contributed by atoms with Gasteiger partial charge in [0.1, 0.15) is 6.04 Å². The maximum Gasteiger partial charge on any atom is 0.312 e. The number of urea groups is 1. The topological polar surface area (TPSA) is 127 Å². The van der Waals surface area contributed by atoms with Crippen LogP contribution in [0.2, 0.25) is 0 Å². The quantitative estimate of drug-likeness (QED) is 0.560. The Hall–Kier alpha value is -2.71. The molecule has 0 aliphatic rings. The molecular weight excluding hydrogens is 283 g/mol. The Kier molecular flexibility index (Phi) is 5.17. The minimum Gasteiger partial charge on any atom is -0.352 e. The predicted molar refractivity (Wildman–Crippen MR) is 73.0 cm³/mol. The second kappa shape index (κ2) is 6.64. The van der Waals surface area contributed by atoms with Gasteiger partial charge in [-0.15, -0.1) is 0 Å². The molecule has 9 heteroatoms. The van der Waals surface area contributed by atoms with Crippen LogP contribution in [0.3, 0.4) is 0 Å². The summed E-state index contributed by atoms with van der Waals surface area (Å²) in [5, 5.41) is 15.3. The van der Waals surface area contributed by atoms with Gasteiger partial charge in [0.25, 0.3) is 0 Å². The Morgan fingerprint density at radius 2 is 2.00 bits per heavy atom. The number of nitro groups is 1. The van der Waals surface area contributed by atoms with Gasteiger partial charge in [-0.1, -0.05) is 13.8 Å². The molecule has 1 aromatic carbocycles. The highest BCUT2D eigenvalue weighted by Gasteiger charge is 2.24. The minimum absolute atomic E-state index is 0.0463. The molecule has 0 saturated heterocycles. The van der Waals surface area contributed by atoms with E-state index in [1.807, 2.05) is 0 Å². The smallest absolute Gasteiger partial charge is 0.312 e. The number of primary amides is 1. The summed E-state index contributed by atoms with van der Waals surface area (Å²) in [6, 6.07) is 1.18. The first-order valence-corrected chi connectivity index (χ1v) is 6.03. The van der Waals surface area contributed by atoms with E-state index >= 15 is 0 Å². The van der Waals surface area contributed by atoms with Crippen molar-refractivity contribution in [2.24, 2.45) is 11.7 Å². The molecule has 0 heterocycles. The van der Waals surface area contributed by atoms with Crippen LogP contribution in [0.5, 0.6) is 0 Å². The maximum absolute atomic E-state index is 13.2. The van der Waals surface area contributed by atoms with Crippen LogP contribution in [0.15, 0.2) is 18.2 Å².